The summed E-state index contributed by atoms with van der Waals surface area (Å²) >= 11 is 12.0. The van der Waals surface area contributed by atoms with E-state index in [1.54, 1.807) is 30.3 Å². The fourth-order valence-corrected chi connectivity index (χ4v) is 3.50. The van der Waals surface area contributed by atoms with Crippen LogP contribution in [-0.4, -0.2) is 30.6 Å². The molecule has 0 saturated carbocycles. The number of hydrogen-bond donors (Lipinski definition) is 2. The molecule has 2 aromatic carbocycles. The van der Waals surface area contributed by atoms with Gasteiger partial charge in [-0.25, -0.2) is 0 Å². The van der Waals surface area contributed by atoms with E-state index >= 15 is 0 Å². The smallest absolute Gasteiger partial charge is 0.227 e. The monoisotopic (exact) mass is 408 g/mol. The maximum absolute atomic E-state index is 12.5. The molecule has 3 rings (SSSR count). The number of amides is 2. The standard InChI is InChI=1S/C19H18Cl2N2O4/c1-27-16-2-3-17(24)11(4-16)9-22-19(26)12-5-18(25)23(10-12)15-7-13(20)6-14(21)8-15/h2-4,6-8,12,24H,5,9-10H2,1H3,(H,22,26). The van der Waals surface area contributed by atoms with E-state index in [1.807, 2.05) is 0 Å². The molecule has 0 aliphatic carbocycles. The van der Waals surface area contributed by atoms with E-state index in [4.69, 9.17) is 27.9 Å². The molecule has 8 heteroatoms. The number of ether oxygens (including phenoxy) is 1. The Bertz CT molecular complexity index is 868. The number of aromatic hydroxyl groups is 1. The Balaban J connectivity index is 1.65. The SMILES string of the molecule is COc1ccc(O)c(CNC(=O)C2CC(=O)N(c3cc(Cl)cc(Cl)c3)C2)c1. The largest absolute Gasteiger partial charge is 0.508 e. The van der Waals surface area contributed by atoms with Crippen LogP contribution in [-0.2, 0) is 16.1 Å². The van der Waals surface area contributed by atoms with E-state index in [0.717, 1.165) is 0 Å². The fourth-order valence-electron chi connectivity index (χ4n) is 2.98. The lowest BCUT2D eigenvalue weighted by molar-refractivity contribution is -0.126. The summed E-state index contributed by atoms with van der Waals surface area (Å²) in [5.74, 6) is -0.284. The van der Waals surface area contributed by atoms with Crippen LogP contribution in [0.4, 0.5) is 5.69 Å². The van der Waals surface area contributed by atoms with E-state index in [0.29, 0.717) is 27.0 Å². The highest BCUT2D eigenvalue weighted by atomic mass is 35.5. The number of nitrogens with one attached hydrogen (secondary N) is 1. The summed E-state index contributed by atoms with van der Waals surface area (Å²) in [6.07, 6.45) is 0.0973. The highest BCUT2D eigenvalue weighted by Gasteiger charge is 2.35. The van der Waals surface area contributed by atoms with Crippen molar-refractivity contribution in [3.8, 4) is 11.5 Å². The molecule has 1 aliphatic rings. The number of halogens is 2. The molecule has 0 spiro atoms. The first-order chi connectivity index (χ1) is 12.9. The number of phenols is 1. The average Bonchev–Trinajstić information content (AvgIpc) is 3.02. The van der Waals surface area contributed by atoms with Crippen LogP contribution in [0.1, 0.15) is 12.0 Å². The molecule has 1 unspecified atom stereocenters. The zero-order chi connectivity index (χ0) is 19.6. The molecule has 0 bridgehead atoms. The quantitative estimate of drug-likeness (QED) is 0.794. The number of methoxy groups -OCH3 is 1. The zero-order valence-corrected chi connectivity index (χ0v) is 16.0. The van der Waals surface area contributed by atoms with Crippen LogP contribution in [0.2, 0.25) is 10.0 Å². The van der Waals surface area contributed by atoms with E-state index in [1.165, 1.54) is 18.1 Å². The first-order valence-electron chi connectivity index (χ1n) is 8.27. The van der Waals surface area contributed by atoms with Gasteiger partial charge in [-0.2, -0.15) is 0 Å². The van der Waals surface area contributed by atoms with Gasteiger partial charge in [0.25, 0.3) is 0 Å². The van der Waals surface area contributed by atoms with Gasteiger partial charge in [0, 0.05) is 40.8 Å². The van der Waals surface area contributed by atoms with E-state index in [9.17, 15) is 14.7 Å². The first kappa shape index (κ1) is 19.3. The Kier molecular flexibility index (Phi) is 5.77. The van der Waals surface area contributed by atoms with Crippen molar-refractivity contribution >= 4 is 40.7 Å². The van der Waals surface area contributed by atoms with Crippen molar-refractivity contribution in [2.45, 2.75) is 13.0 Å². The highest BCUT2D eigenvalue weighted by molar-refractivity contribution is 6.35. The minimum Gasteiger partial charge on any atom is -0.508 e. The summed E-state index contributed by atoms with van der Waals surface area (Å²) in [4.78, 5) is 26.3. The van der Waals surface area contributed by atoms with Crippen LogP contribution in [0, 0.1) is 5.92 Å². The molecule has 1 aliphatic heterocycles. The Morgan fingerprint density at radius 1 is 1.26 bits per heavy atom. The summed E-state index contributed by atoms with van der Waals surface area (Å²) < 4.78 is 5.12. The summed E-state index contributed by atoms with van der Waals surface area (Å²) in [6.45, 7) is 0.376. The Morgan fingerprint density at radius 2 is 1.96 bits per heavy atom. The van der Waals surface area contributed by atoms with Gasteiger partial charge < -0.3 is 20.1 Å². The molecule has 1 fully saturated rings. The predicted molar refractivity (Wildman–Crippen MR) is 103 cm³/mol. The number of anilines is 1. The molecule has 6 nitrogen and oxygen atoms in total. The van der Waals surface area contributed by atoms with Crippen LogP contribution in [0.25, 0.3) is 0 Å². The molecule has 2 aromatic rings. The van der Waals surface area contributed by atoms with Crippen LogP contribution < -0.4 is 15.0 Å². The minimum atomic E-state index is -0.497. The maximum atomic E-state index is 12.5. The highest BCUT2D eigenvalue weighted by Crippen LogP contribution is 2.30. The van der Waals surface area contributed by atoms with Gasteiger partial charge in [-0.3, -0.25) is 9.59 Å². The van der Waals surface area contributed by atoms with Crippen molar-refractivity contribution < 1.29 is 19.4 Å². The molecule has 1 saturated heterocycles. The lowest BCUT2D eigenvalue weighted by Crippen LogP contribution is -2.32. The fraction of sp³-hybridized carbons (Fsp3) is 0.263. The lowest BCUT2D eigenvalue weighted by Gasteiger charge is -2.17. The number of phenolic OH excluding ortho intramolecular Hbond substituents is 1. The molecule has 2 N–H and O–H groups in total. The third kappa shape index (κ3) is 4.46. The Hall–Kier alpha value is -2.44. The lowest BCUT2D eigenvalue weighted by atomic mass is 10.1. The number of carbonyl (C=O) groups is 2. The summed E-state index contributed by atoms with van der Waals surface area (Å²) in [5.41, 5.74) is 1.10. The maximum Gasteiger partial charge on any atom is 0.227 e. The Morgan fingerprint density at radius 3 is 2.63 bits per heavy atom. The van der Waals surface area contributed by atoms with Gasteiger partial charge in [0.2, 0.25) is 11.8 Å². The molecule has 1 atom stereocenters. The van der Waals surface area contributed by atoms with E-state index in [-0.39, 0.29) is 37.1 Å². The second-order valence-electron chi connectivity index (χ2n) is 6.25. The third-order valence-corrected chi connectivity index (χ3v) is 4.83. The van der Waals surface area contributed by atoms with Crippen LogP contribution >= 0.6 is 23.2 Å². The molecule has 2 amide bonds. The van der Waals surface area contributed by atoms with Gasteiger partial charge in [0.15, 0.2) is 0 Å². The molecule has 1 heterocycles. The normalized spacial score (nSPS) is 16.5. The van der Waals surface area contributed by atoms with Gasteiger partial charge in [0.05, 0.1) is 13.0 Å². The second-order valence-corrected chi connectivity index (χ2v) is 7.12. The van der Waals surface area contributed by atoms with Gasteiger partial charge in [-0.1, -0.05) is 23.2 Å². The summed E-state index contributed by atoms with van der Waals surface area (Å²) in [5, 5.41) is 13.5. The number of nitrogens with zero attached hydrogens (tertiary/aromatic N) is 1. The van der Waals surface area contributed by atoms with Crippen LogP contribution in [0.5, 0.6) is 11.5 Å². The van der Waals surface area contributed by atoms with Crippen molar-refractivity contribution in [3.63, 3.8) is 0 Å². The number of benzene rings is 2. The van der Waals surface area contributed by atoms with Crippen molar-refractivity contribution in [2.24, 2.45) is 5.92 Å². The van der Waals surface area contributed by atoms with Crippen molar-refractivity contribution in [1.82, 2.24) is 5.32 Å². The van der Waals surface area contributed by atoms with Crippen LogP contribution in [0.15, 0.2) is 36.4 Å². The molecular weight excluding hydrogens is 391 g/mol. The number of rotatable bonds is 5. The minimum absolute atomic E-state index is 0.0637. The van der Waals surface area contributed by atoms with Gasteiger partial charge in [-0.15, -0.1) is 0 Å². The average molecular weight is 409 g/mol. The zero-order valence-electron chi connectivity index (χ0n) is 14.5. The third-order valence-electron chi connectivity index (χ3n) is 4.39. The summed E-state index contributed by atoms with van der Waals surface area (Å²) in [7, 11) is 1.52. The molecule has 0 radical (unpaired) electrons. The van der Waals surface area contributed by atoms with Crippen molar-refractivity contribution in [1.29, 1.82) is 0 Å². The molecule has 27 heavy (non-hydrogen) atoms. The number of hydrogen-bond acceptors (Lipinski definition) is 4. The topological polar surface area (TPSA) is 78.9 Å². The summed E-state index contributed by atoms with van der Waals surface area (Å²) in [6, 6.07) is 9.64. The first-order valence-corrected chi connectivity index (χ1v) is 9.03. The number of carbonyl (C=O) groups excluding carboxylic acids is 2. The van der Waals surface area contributed by atoms with Crippen molar-refractivity contribution in [2.75, 3.05) is 18.6 Å². The molecule has 142 valence electrons. The molecule has 0 aromatic heterocycles. The Labute approximate surface area is 166 Å². The van der Waals surface area contributed by atoms with E-state index < -0.39 is 5.92 Å². The van der Waals surface area contributed by atoms with Crippen molar-refractivity contribution in [3.05, 3.63) is 52.0 Å². The predicted octanol–water partition coefficient (Wildman–Crippen LogP) is 3.38. The van der Waals surface area contributed by atoms with Gasteiger partial charge >= 0.3 is 0 Å². The second kappa shape index (κ2) is 8.06. The van der Waals surface area contributed by atoms with Gasteiger partial charge in [0.1, 0.15) is 11.5 Å². The molecular formula is C19H18Cl2N2O4. The van der Waals surface area contributed by atoms with Crippen LogP contribution in [0.3, 0.4) is 0 Å². The van der Waals surface area contributed by atoms with E-state index in [2.05, 4.69) is 5.32 Å². The van der Waals surface area contributed by atoms with Gasteiger partial charge in [-0.05, 0) is 36.4 Å².